The SMILES string of the molecule is Cc1cnc(C2CC2)n1CCNC(=O)Cc1cccc(F)c1. The Morgan fingerprint density at radius 3 is 3.00 bits per heavy atom. The van der Waals surface area contributed by atoms with Crippen LogP contribution in [0, 0.1) is 12.7 Å². The number of imidazole rings is 1. The Kier molecular flexibility index (Phi) is 4.22. The smallest absolute Gasteiger partial charge is 0.224 e. The van der Waals surface area contributed by atoms with Gasteiger partial charge in [-0.1, -0.05) is 12.1 Å². The van der Waals surface area contributed by atoms with E-state index in [9.17, 15) is 9.18 Å². The fraction of sp³-hybridized carbons (Fsp3) is 0.412. The lowest BCUT2D eigenvalue weighted by atomic mass is 10.1. The molecule has 22 heavy (non-hydrogen) atoms. The van der Waals surface area contributed by atoms with Crippen LogP contribution in [0.25, 0.3) is 0 Å². The summed E-state index contributed by atoms with van der Waals surface area (Å²) in [5.74, 6) is 1.33. The summed E-state index contributed by atoms with van der Waals surface area (Å²) in [6, 6.07) is 6.15. The predicted molar refractivity (Wildman–Crippen MR) is 82.1 cm³/mol. The number of aromatic nitrogens is 2. The van der Waals surface area contributed by atoms with Crippen LogP contribution in [0.5, 0.6) is 0 Å². The summed E-state index contributed by atoms with van der Waals surface area (Å²) in [6.45, 7) is 3.32. The number of halogens is 1. The number of nitrogens with zero attached hydrogens (tertiary/aromatic N) is 2. The van der Waals surface area contributed by atoms with Crippen molar-refractivity contribution in [1.29, 1.82) is 0 Å². The molecule has 2 aromatic rings. The van der Waals surface area contributed by atoms with Gasteiger partial charge in [0.1, 0.15) is 11.6 Å². The fourth-order valence-electron chi connectivity index (χ4n) is 2.64. The fourth-order valence-corrected chi connectivity index (χ4v) is 2.64. The zero-order chi connectivity index (χ0) is 15.5. The van der Waals surface area contributed by atoms with E-state index < -0.39 is 0 Å². The molecule has 0 atom stereocenters. The van der Waals surface area contributed by atoms with Crippen molar-refractivity contribution < 1.29 is 9.18 Å². The lowest BCUT2D eigenvalue weighted by molar-refractivity contribution is -0.120. The van der Waals surface area contributed by atoms with E-state index in [0.29, 0.717) is 18.0 Å². The van der Waals surface area contributed by atoms with E-state index in [4.69, 9.17) is 0 Å². The Hall–Kier alpha value is -2.17. The summed E-state index contributed by atoms with van der Waals surface area (Å²) < 4.78 is 15.3. The van der Waals surface area contributed by atoms with Crippen LogP contribution in [0.3, 0.4) is 0 Å². The molecule has 1 heterocycles. The number of amides is 1. The van der Waals surface area contributed by atoms with E-state index in [1.165, 1.54) is 25.0 Å². The van der Waals surface area contributed by atoms with Crippen molar-refractivity contribution in [2.45, 2.75) is 38.6 Å². The van der Waals surface area contributed by atoms with Crippen LogP contribution in [0.15, 0.2) is 30.5 Å². The number of rotatable bonds is 6. The van der Waals surface area contributed by atoms with E-state index in [1.807, 2.05) is 13.1 Å². The van der Waals surface area contributed by atoms with Crippen LogP contribution in [0.1, 0.15) is 35.8 Å². The van der Waals surface area contributed by atoms with Crippen molar-refractivity contribution in [2.24, 2.45) is 0 Å². The van der Waals surface area contributed by atoms with Gasteiger partial charge in [-0.2, -0.15) is 0 Å². The van der Waals surface area contributed by atoms with Gasteiger partial charge in [-0.3, -0.25) is 4.79 Å². The van der Waals surface area contributed by atoms with Gasteiger partial charge in [-0.25, -0.2) is 9.37 Å². The van der Waals surface area contributed by atoms with Crippen molar-refractivity contribution in [3.8, 4) is 0 Å². The molecule has 5 heteroatoms. The third-order valence-electron chi connectivity index (χ3n) is 3.94. The molecule has 1 aliphatic rings. The normalized spacial score (nSPS) is 14.1. The van der Waals surface area contributed by atoms with E-state index >= 15 is 0 Å². The molecule has 0 aliphatic heterocycles. The second-order valence-electron chi connectivity index (χ2n) is 5.84. The van der Waals surface area contributed by atoms with E-state index in [0.717, 1.165) is 18.1 Å². The first-order valence-electron chi connectivity index (χ1n) is 7.66. The Labute approximate surface area is 129 Å². The van der Waals surface area contributed by atoms with Crippen LogP contribution >= 0.6 is 0 Å². The Bertz CT molecular complexity index is 676. The molecule has 4 nitrogen and oxygen atoms in total. The lowest BCUT2D eigenvalue weighted by Gasteiger charge is -2.11. The predicted octanol–water partition coefficient (Wildman–Crippen LogP) is 2.57. The average Bonchev–Trinajstić information content (AvgIpc) is 3.24. The van der Waals surface area contributed by atoms with Crippen molar-refractivity contribution >= 4 is 5.91 Å². The van der Waals surface area contributed by atoms with E-state index in [2.05, 4.69) is 14.9 Å². The molecule has 3 rings (SSSR count). The summed E-state index contributed by atoms with van der Waals surface area (Å²) in [6.07, 6.45) is 4.52. The highest BCUT2D eigenvalue weighted by Crippen LogP contribution is 2.39. The number of benzene rings is 1. The van der Waals surface area contributed by atoms with Gasteiger partial charge in [0.25, 0.3) is 0 Å². The maximum atomic E-state index is 13.1. The quantitative estimate of drug-likeness (QED) is 0.891. The molecular formula is C17H20FN3O. The standard InChI is InChI=1S/C17H20FN3O/c1-12-11-20-17(14-5-6-14)21(12)8-7-19-16(22)10-13-3-2-4-15(18)9-13/h2-4,9,11,14H,5-8,10H2,1H3,(H,19,22). The number of carbonyl (C=O) groups is 1. The zero-order valence-corrected chi connectivity index (χ0v) is 12.7. The number of carbonyl (C=O) groups excluding carboxylic acids is 1. The van der Waals surface area contributed by atoms with Gasteiger partial charge in [-0.15, -0.1) is 0 Å². The summed E-state index contributed by atoms with van der Waals surface area (Å²) in [4.78, 5) is 16.4. The van der Waals surface area contributed by atoms with Crippen molar-refractivity contribution in [3.63, 3.8) is 0 Å². The average molecular weight is 301 g/mol. The highest BCUT2D eigenvalue weighted by atomic mass is 19.1. The number of aryl methyl sites for hydroxylation is 1. The van der Waals surface area contributed by atoms with Gasteiger partial charge in [-0.05, 0) is 37.5 Å². The molecule has 1 fully saturated rings. The molecule has 0 spiro atoms. The first kappa shape index (κ1) is 14.8. The summed E-state index contributed by atoms with van der Waals surface area (Å²) >= 11 is 0. The Morgan fingerprint density at radius 1 is 1.45 bits per heavy atom. The molecule has 0 bridgehead atoms. The molecular weight excluding hydrogens is 281 g/mol. The molecule has 1 aliphatic carbocycles. The summed E-state index contributed by atoms with van der Waals surface area (Å²) in [7, 11) is 0. The molecule has 1 aromatic carbocycles. The van der Waals surface area contributed by atoms with Crippen molar-refractivity contribution in [3.05, 3.63) is 53.4 Å². The van der Waals surface area contributed by atoms with Crippen LogP contribution < -0.4 is 5.32 Å². The molecule has 1 amide bonds. The lowest BCUT2D eigenvalue weighted by Crippen LogP contribution is -2.29. The largest absolute Gasteiger partial charge is 0.354 e. The third-order valence-corrected chi connectivity index (χ3v) is 3.94. The minimum Gasteiger partial charge on any atom is -0.354 e. The van der Waals surface area contributed by atoms with Crippen LogP contribution in [0.4, 0.5) is 4.39 Å². The molecule has 1 saturated carbocycles. The van der Waals surface area contributed by atoms with Gasteiger partial charge in [0, 0.05) is 30.9 Å². The zero-order valence-electron chi connectivity index (χ0n) is 12.7. The summed E-state index contributed by atoms with van der Waals surface area (Å²) in [5, 5.41) is 2.89. The highest BCUT2D eigenvalue weighted by molar-refractivity contribution is 5.78. The van der Waals surface area contributed by atoms with Gasteiger partial charge >= 0.3 is 0 Å². The number of hydrogen-bond donors (Lipinski definition) is 1. The topological polar surface area (TPSA) is 46.9 Å². The first-order chi connectivity index (χ1) is 10.6. The van der Waals surface area contributed by atoms with Crippen LogP contribution in [0.2, 0.25) is 0 Å². The van der Waals surface area contributed by atoms with Crippen molar-refractivity contribution in [1.82, 2.24) is 14.9 Å². The van der Waals surface area contributed by atoms with Gasteiger partial charge in [0.15, 0.2) is 0 Å². The number of nitrogens with one attached hydrogen (secondary N) is 1. The second-order valence-corrected chi connectivity index (χ2v) is 5.84. The monoisotopic (exact) mass is 301 g/mol. The minimum absolute atomic E-state index is 0.0867. The molecule has 1 aromatic heterocycles. The molecule has 116 valence electrons. The molecule has 1 N–H and O–H groups in total. The van der Waals surface area contributed by atoms with Crippen LogP contribution in [-0.2, 0) is 17.8 Å². The molecule has 0 unspecified atom stereocenters. The van der Waals surface area contributed by atoms with Gasteiger partial charge < -0.3 is 9.88 Å². The molecule has 0 saturated heterocycles. The van der Waals surface area contributed by atoms with E-state index in [1.54, 1.807) is 12.1 Å². The van der Waals surface area contributed by atoms with Crippen LogP contribution in [-0.4, -0.2) is 22.0 Å². The Morgan fingerprint density at radius 2 is 2.27 bits per heavy atom. The minimum atomic E-state index is -0.312. The van der Waals surface area contributed by atoms with Crippen molar-refractivity contribution in [2.75, 3.05) is 6.54 Å². The summed E-state index contributed by atoms with van der Waals surface area (Å²) in [5.41, 5.74) is 1.82. The highest BCUT2D eigenvalue weighted by Gasteiger charge is 2.28. The number of hydrogen-bond acceptors (Lipinski definition) is 2. The van der Waals surface area contributed by atoms with Gasteiger partial charge in [0.05, 0.1) is 6.42 Å². The second kappa shape index (κ2) is 6.30. The third kappa shape index (κ3) is 3.53. The van der Waals surface area contributed by atoms with E-state index in [-0.39, 0.29) is 18.1 Å². The van der Waals surface area contributed by atoms with Gasteiger partial charge in [0.2, 0.25) is 5.91 Å². The molecule has 0 radical (unpaired) electrons. The first-order valence-corrected chi connectivity index (χ1v) is 7.66. The maximum absolute atomic E-state index is 13.1. The maximum Gasteiger partial charge on any atom is 0.224 e. The Balaban J connectivity index is 1.50.